The highest BCUT2D eigenvalue weighted by atomic mass is 32.2. The highest BCUT2D eigenvalue weighted by Gasteiger charge is 2.03. The minimum absolute atomic E-state index is 0.274. The minimum atomic E-state index is -0.921. The molecule has 0 heterocycles. The smallest absolute Gasteiger partial charge is 0.335 e. The zero-order chi connectivity index (χ0) is 14.1. The third-order valence-corrected chi connectivity index (χ3v) is 3.68. The second kappa shape index (κ2) is 8.82. The van der Waals surface area contributed by atoms with Gasteiger partial charge in [0.2, 0.25) is 0 Å². The van der Waals surface area contributed by atoms with Gasteiger partial charge in [0.05, 0.1) is 5.56 Å². The molecule has 0 aromatic heterocycles. The number of aromatic carboxylic acids is 1. The van der Waals surface area contributed by atoms with E-state index in [1.807, 2.05) is 11.8 Å². The number of benzene rings is 1. The molecule has 19 heavy (non-hydrogen) atoms. The van der Waals surface area contributed by atoms with Crippen molar-refractivity contribution in [3.63, 3.8) is 0 Å². The molecule has 1 unspecified atom stereocenters. The van der Waals surface area contributed by atoms with E-state index in [0.717, 1.165) is 18.1 Å². The molecule has 0 saturated carbocycles. The van der Waals surface area contributed by atoms with E-state index >= 15 is 0 Å². The van der Waals surface area contributed by atoms with Crippen LogP contribution in [0, 0.1) is 0 Å². The maximum atomic E-state index is 10.7. The van der Waals surface area contributed by atoms with Gasteiger partial charge in [0.25, 0.3) is 0 Å². The molecule has 0 radical (unpaired) electrons. The number of carbonyl (C=O) groups is 1. The summed E-state index contributed by atoms with van der Waals surface area (Å²) in [5.41, 5.74) is 0.274. The average Bonchev–Trinajstić information content (AvgIpc) is 2.41. The fourth-order valence-corrected chi connectivity index (χ4v) is 2.23. The van der Waals surface area contributed by atoms with Crippen molar-refractivity contribution >= 4 is 17.7 Å². The summed E-state index contributed by atoms with van der Waals surface area (Å²) in [6, 6.07) is 6.93. The largest absolute Gasteiger partial charge is 0.492 e. The van der Waals surface area contributed by atoms with Crippen LogP contribution in [0.3, 0.4) is 0 Å². The van der Waals surface area contributed by atoms with Crippen molar-refractivity contribution in [2.75, 3.05) is 24.7 Å². The molecular weight excluding hydrogens is 262 g/mol. The van der Waals surface area contributed by atoms with E-state index in [2.05, 4.69) is 19.2 Å². The van der Waals surface area contributed by atoms with Crippen molar-refractivity contribution in [3.05, 3.63) is 29.8 Å². The Morgan fingerprint density at radius 2 is 2.11 bits per heavy atom. The third kappa shape index (κ3) is 6.50. The van der Waals surface area contributed by atoms with Gasteiger partial charge in [-0.15, -0.1) is 0 Å². The normalized spacial score (nSPS) is 12.1. The van der Waals surface area contributed by atoms with Crippen LogP contribution in [-0.2, 0) is 0 Å². The highest BCUT2D eigenvalue weighted by molar-refractivity contribution is 7.99. The summed E-state index contributed by atoms with van der Waals surface area (Å²) in [7, 11) is 0. The first-order valence-electron chi connectivity index (χ1n) is 6.40. The molecule has 4 nitrogen and oxygen atoms in total. The van der Waals surface area contributed by atoms with Crippen molar-refractivity contribution in [1.82, 2.24) is 5.32 Å². The topological polar surface area (TPSA) is 58.6 Å². The van der Waals surface area contributed by atoms with Gasteiger partial charge in [-0.2, -0.15) is 11.8 Å². The van der Waals surface area contributed by atoms with Crippen LogP contribution >= 0.6 is 11.8 Å². The second-order valence-corrected chi connectivity index (χ2v) is 5.51. The van der Waals surface area contributed by atoms with Crippen LogP contribution < -0.4 is 10.1 Å². The van der Waals surface area contributed by atoms with Crippen molar-refractivity contribution in [2.24, 2.45) is 0 Å². The summed E-state index contributed by atoms with van der Waals surface area (Å²) in [6.45, 7) is 5.67. The summed E-state index contributed by atoms with van der Waals surface area (Å²) in [5, 5.41) is 12.1. The number of rotatable bonds is 9. The summed E-state index contributed by atoms with van der Waals surface area (Å²) in [6.07, 6.45) is 0. The van der Waals surface area contributed by atoms with Gasteiger partial charge in [0.1, 0.15) is 12.4 Å². The number of thioether (sulfide) groups is 1. The quantitative estimate of drug-likeness (QED) is 0.682. The lowest BCUT2D eigenvalue weighted by Gasteiger charge is -2.13. The van der Waals surface area contributed by atoms with Crippen LogP contribution in [0.25, 0.3) is 0 Å². The van der Waals surface area contributed by atoms with Crippen LogP contribution in [0.1, 0.15) is 24.2 Å². The van der Waals surface area contributed by atoms with Gasteiger partial charge in [-0.3, -0.25) is 0 Å². The van der Waals surface area contributed by atoms with Crippen molar-refractivity contribution in [2.45, 2.75) is 19.9 Å². The zero-order valence-corrected chi connectivity index (χ0v) is 12.2. The Balaban J connectivity index is 2.20. The number of carboxylic acid groups (broad SMARTS) is 1. The first kappa shape index (κ1) is 15.9. The Hall–Kier alpha value is -1.20. The molecule has 0 fully saturated rings. The first-order chi connectivity index (χ1) is 9.13. The van der Waals surface area contributed by atoms with E-state index < -0.39 is 5.97 Å². The molecule has 1 aromatic carbocycles. The Morgan fingerprint density at radius 3 is 2.68 bits per heavy atom. The van der Waals surface area contributed by atoms with Gasteiger partial charge in [-0.25, -0.2) is 4.79 Å². The molecule has 5 heteroatoms. The number of ether oxygens (including phenoxy) is 1. The number of carboxylic acids is 1. The summed E-state index contributed by atoms with van der Waals surface area (Å²) in [4.78, 5) is 10.7. The first-order valence-corrected chi connectivity index (χ1v) is 7.56. The molecule has 2 N–H and O–H groups in total. The lowest BCUT2D eigenvalue weighted by atomic mass is 10.2. The van der Waals surface area contributed by atoms with Crippen LogP contribution in [0.4, 0.5) is 0 Å². The van der Waals surface area contributed by atoms with Crippen LogP contribution in [-0.4, -0.2) is 41.8 Å². The maximum Gasteiger partial charge on any atom is 0.335 e. The minimum Gasteiger partial charge on any atom is -0.492 e. The van der Waals surface area contributed by atoms with Crippen molar-refractivity contribution < 1.29 is 14.6 Å². The van der Waals surface area contributed by atoms with Crippen molar-refractivity contribution in [1.29, 1.82) is 0 Å². The second-order valence-electron chi connectivity index (χ2n) is 4.19. The molecular formula is C14H21NO3S. The highest BCUT2D eigenvalue weighted by Crippen LogP contribution is 2.11. The monoisotopic (exact) mass is 283 g/mol. The molecule has 0 aliphatic rings. The number of nitrogens with one attached hydrogen (secondary N) is 1. The predicted octanol–water partition coefficient (Wildman–Crippen LogP) is 2.49. The van der Waals surface area contributed by atoms with E-state index in [0.29, 0.717) is 18.4 Å². The van der Waals surface area contributed by atoms with E-state index in [4.69, 9.17) is 9.84 Å². The molecule has 0 saturated heterocycles. The summed E-state index contributed by atoms with van der Waals surface area (Å²) in [5.74, 6) is 2.01. The van der Waals surface area contributed by atoms with E-state index in [9.17, 15) is 4.79 Å². The molecule has 0 amide bonds. The van der Waals surface area contributed by atoms with Gasteiger partial charge in [-0.05, 0) is 36.9 Å². The Labute approximate surface area is 118 Å². The van der Waals surface area contributed by atoms with Crippen LogP contribution in [0.15, 0.2) is 24.3 Å². The number of hydrogen-bond donors (Lipinski definition) is 2. The Bertz CT molecular complexity index is 381. The summed E-state index contributed by atoms with van der Waals surface area (Å²) >= 11 is 1.92. The predicted molar refractivity (Wildman–Crippen MR) is 79.4 cm³/mol. The maximum absolute atomic E-state index is 10.7. The van der Waals surface area contributed by atoms with Gasteiger partial charge in [0.15, 0.2) is 0 Å². The van der Waals surface area contributed by atoms with Gasteiger partial charge in [0, 0.05) is 18.3 Å². The Morgan fingerprint density at radius 1 is 1.42 bits per heavy atom. The molecule has 0 bridgehead atoms. The van der Waals surface area contributed by atoms with Crippen molar-refractivity contribution in [3.8, 4) is 5.75 Å². The molecule has 106 valence electrons. The fraction of sp³-hybridized carbons (Fsp3) is 0.500. The van der Waals surface area contributed by atoms with E-state index in [-0.39, 0.29) is 5.56 Å². The Kier molecular flexibility index (Phi) is 7.36. The SMILES string of the molecule is CCSCC(C)NCCOc1ccc(C(=O)O)cc1. The van der Waals surface area contributed by atoms with E-state index in [1.165, 1.54) is 0 Å². The van der Waals surface area contributed by atoms with Crippen LogP contribution in [0.5, 0.6) is 5.75 Å². The molecule has 1 aromatic rings. The summed E-state index contributed by atoms with van der Waals surface area (Å²) < 4.78 is 5.53. The standard InChI is InChI=1S/C14H21NO3S/c1-3-19-10-11(2)15-8-9-18-13-6-4-12(5-7-13)14(16)17/h4-7,11,15H,3,8-10H2,1-2H3,(H,16,17). The van der Waals surface area contributed by atoms with E-state index in [1.54, 1.807) is 24.3 Å². The van der Waals surface area contributed by atoms with Crippen LogP contribution in [0.2, 0.25) is 0 Å². The molecule has 1 rings (SSSR count). The molecule has 0 aliphatic carbocycles. The van der Waals surface area contributed by atoms with Gasteiger partial charge >= 0.3 is 5.97 Å². The molecule has 1 atom stereocenters. The zero-order valence-electron chi connectivity index (χ0n) is 11.4. The number of hydrogen-bond acceptors (Lipinski definition) is 4. The average molecular weight is 283 g/mol. The third-order valence-electron chi connectivity index (χ3n) is 2.54. The van der Waals surface area contributed by atoms with Gasteiger partial charge in [-0.1, -0.05) is 6.92 Å². The van der Waals surface area contributed by atoms with Gasteiger partial charge < -0.3 is 15.2 Å². The fourth-order valence-electron chi connectivity index (χ4n) is 1.52. The molecule has 0 spiro atoms. The lowest BCUT2D eigenvalue weighted by molar-refractivity contribution is 0.0697. The lowest BCUT2D eigenvalue weighted by Crippen LogP contribution is -2.32. The molecule has 0 aliphatic heterocycles.